The molecule has 1 fully saturated rings. The highest BCUT2D eigenvalue weighted by Crippen LogP contribution is 2.37. The van der Waals surface area contributed by atoms with E-state index in [0.717, 1.165) is 10.8 Å². The first-order valence-corrected chi connectivity index (χ1v) is 13.2. The molecule has 13 heteroatoms. The van der Waals surface area contributed by atoms with E-state index in [-0.39, 0.29) is 24.8 Å². The van der Waals surface area contributed by atoms with E-state index in [4.69, 9.17) is 0 Å². The molecule has 40 heavy (non-hydrogen) atoms. The minimum atomic E-state index is -5.06. The number of aromatic nitrogens is 1. The summed E-state index contributed by atoms with van der Waals surface area (Å²) >= 11 is 1.47. The number of hydrogen-bond acceptors (Lipinski definition) is 6. The Morgan fingerprint density at radius 1 is 1.05 bits per heavy atom. The summed E-state index contributed by atoms with van der Waals surface area (Å²) in [4.78, 5) is 23.4. The van der Waals surface area contributed by atoms with Crippen LogP contribution in [0.25, 0.3) is 0 Å². The molecule has 2 heterocycles. The Balaban J connectivity index is 1.65. The summed E-state index contributed by atoms with van der Waals surface area (Å²) in [7, 11) is 3.75. The molecule has 216 valence electrons. The zero-order valence-corrected chi connectivity index (χ0v) is 22.8. The Hall–Kier alpha value is -3.32. The molecule has 3 aromatic rings. The molecule has 1 aromatic heterocycles. The maximum absolute atomic E-state index is 13.5. The molecule has 1 aliphatic rings. The minimum Gasteiger partial charge on any atom is -0.508 e. The fourth-order valence-corrected chi connectivity index (χ4v) is 5.36. The number of amides is 1. The number of phenols is 1. The van der Waals surface area contributed by atoms with E-state index in [0.29, 0.717) is 42.9 Å². The Bertz CT molecular complexity index is 1340. The van der Waals surface area contributed by atoms with Crippen molar-refractivity contribution in [2.75, 3.05) is 38.6 Å². The average Bonchev–Trinajstić information content (AvgIpc) is 3.34. The Morgan fingerprint density at radius 2 is 1.70 bits per heavy atom. The lowest BCUT2D eigenvalue weighted by atomic mass is 9.98. The van der Waals surface area contributed by atoms with E-state index < -0.39 is 41.0 Å². The lowest BCUT2D eigenvalue weighted by Gasteiger charge is -2.41. The highest BCUT2D eigenvalue weighted by Gasteiger charge is 2.39. The second-order valence-electron chi connectivity index (χ2n) is 10.0. The molecule has 0 bridgehead atoms. The normalized spacial score (nSPS) is 16.8. The van der Waals surface area contributed by atoms with Gasteiger partial charge in [0.2, 0.25) is 0 Å². The number of nitrogens with zero attached hydrogens (tertiary/aromatic N) is 4. The van der Waals surface area contributed by atoms with Crippen LogP contribution >= 0.6 is 11.3 Å². The molecule has 1 amide bonds. The second-order valence-corrected chi connectivity index (χ2v) is 10.9. The third-order valence-corrected chi connectivity index (χ3v) is 7.77. The van der Waals surface area contributed by atoms with Crippen molar-refractivity contribution < 1.29 is 36.2 Å². The van der Waals surface area contributed by atoms with Crippen LogP contribution in [0.3, 0.4) is 0 Å². The van der Waals surface area contributed by atoms with Crippen molar-refractivity contribution in [3.63, 3.8) is 0 Å². The van der Waals surface area contributed by atoms with Crippen molar-refractivity contribution in [2.45, 2.75) is 38.3 Å². The van der Waals surface area contributed by atoms with Gasteiger partial charge in [-0.2, -0.15) is 26.3 Å². The maximum atomic E-state index is 13.5. The van der Waals surface area contributed by atoms with Crippen LogP contribution in [0.5, 0.6) is 5.75 Å². The van der Waals surface area contributed by atoms with Gasteiger partial charge in [-0.25, -0.2) is 4.98 Å². The smallest absolute Gasteiger partial charge is 0.416 e. The Labute approximate surface area is 231 Å². The van der Waals surface area contributed by atoms with Crippen molar-refractivity contribution in [3.8, 4) is 5.75 Å². The number of phenolic OH excluding ortho intramolecular Hbond substituents is 1. The van der Waals surface area contributed by atoms with Crippen LogP contribution in [0.2, 0.25) is 0 Å². The van der Waals surface area contributed by atoms with E-state index in [2.05, 4.69) is 4.98 Å². The first kappa shape index (κ1) is 29.7. The predicted octanol–water partition coefficient (Wildman–Crippen LogP) is 5.83. The molecule has 4 rings (SSSR count). The number of aromatic hydroxyl groups is 1. The number of rotatable bonds is 6. The topological polar surface area (TPSA) is 59.9 Å². The van der Waals surface area contributed by atoms with Gasteiger partial charge in [0.25, 0.3) is 5.91 Å². The monoisotopic (exact) mass is 586 g/mol. The number of thiazole rings is 1. The van der Waals surface area contributed by atoms with Gasteiger partial charge in [0, 0.05) is 57.3 Å². The van der Waals surface area contributed by atoms with Crippen LogP contribution in [-0.4, -0.2) is 65.6 Å². The fourth-order valence-electron chi connectivity index (χ4n) is 4.61. The largest absolute Gasteiger partial charge is 0.508 e. The molecule has 2 aromatic carbocycles. The Kier molecular flexibility index (Phi) is 8.36. The number of piperazine rings is 1. The van der Waals surface area contributed by atoms with Gasteiger partial charge in [0.05, 0.1) is 16.8 Å². The lowest BCUT2D eigenvalue weighted by Crippen LogP contribution is -2.55. The first-order valence-electron chi connectivity index (χ1n) is 12.3. The van der Waals surface area contributed by atoms with Gasteiger partial charge in [0.15, 0.2) is 5.13 Å². The Morgan fingerprint density at radius 3 is 2.25 bits per heavy atom. The maximum Gasteiger partial charge on any atom is 0.416 e. The number of alkyl halides is 6. The van der Waals surface area contributed by atoms with Crippen molar-refractivity contribution in [3.05, 3.63) is 75.3 Å². The van der Waals surface area contributed by atoms with E-state index >= 15 is 0 Å². The second kappa shape index (κ2) is 11.3. The summed E-state index contributed by atoms with van der Waals surface area (Å²) < 4.78 is 80.7. The molecule has 6 nitrogen and oxygen atoms in total. The molecule has 0 spiro atoms. The number of benzene rings is 2. The number of aryl methyl sites for hydroxylation is 1. The van der Waals surface area contributed by atoms with Gasteiger partial charge >= 0.3 is 12.4 Å². The van der Waals surface area contributed by atoms with Crippen molar-refractivity contribution in [1.29, 1.82) is 0 Å². The van der Waals surface area contributed by atoms with Crippen LogP contribution < -0.4 is 4.90 Å². The highest BCUT2D eigenvalue weighted by molar-refractivity contribution is 7.13. The van der Waals surface area contributed by atoms with Crippen molar-refractivity contribution in [2.24, 2.45) is 0 Å². The van der Waals surface area contributed by atoms with E-state index in [1.807, 2.05) is 29.3 Å². The number of anilines is 1. The molecule has 0 radical (unpaired) electrons. The van der Waals surface area contributed by atoms with Crippen LogP contribution in [-0.2, 0) is 25.3 Å². The average molecular weight is 587 g/mol. The summed E-state index contributed by atoms with van der Waals surface area (Å²) in [5, 5.41) is 12.9. The number of carbonyl (C=O) groups excluding carboxylic acids is 1. The summed E-state index contributed by atoms with van der Waals surface area (Å²) in [6.07, 6.45) is -9.89. The number of hydrogen-bond donors (Lipinski definition) is 1. The van der Waals surface area contributed by atoms with E-state index in [1.165, 1.54) is 16.2 Å². The highest BCUT2D eigenvalue weighted by atomic mass is 32.1. The standard InChI is InChI=1S/C27H28F6N4O2S/c1-16-4-5-17(9-23(16)38)8-22-14-36(13-21-15-40-25(34-21)35(2)3)6-7-37(22)24(39)18-10-19(26(28,29)30)12-20(11-18)27(31,32)33/h4-5,9-12,15,22,38H,6-8,13-14H2,1-3H3/t22-/m1/s1. The van der Waals surface area contributed by atoms with Gasteiger partial charge in [-0.05, 0) is 48.7 Å². The van der Waals surface area contributed by atoms with Crippen LogP contribution in [0.1, 0.15) is 38.3 Å². The van der Waals surface area contributed by atoms with Gasteiger partial charge in [-0.3, -0.25) is 9.69 Å². The van der Waals surface area contributed by atoms with Crippen LogP contribution in [0.4, 0.5) is 31.5 Å². The summed E-state index contributed by atoms with van der Waals surface area (Å²) in [6, 6.07) is 5.39. The number of carbonyl (C=O) groups is 1. The third kappa shape index (κ3) is 6.87. The summed E-state index contributed by atoms with van der Waals surface area (Å²) in [6.45, 7) is 2.92. The SMILES string of the molecule is Cc1ccc(C[C@@H]2CN(Cc3csc(N(C)C)n3)CCN2C(=O)c2cc(C(F)(F)F)cc(C(F)(F)F)c2)cc1O. The molecule has 0 unspecified atom stereocenters. The van der Waals surface area contributed by atoms with E-state index in [9.17, 15) is 36.2 Å². The van der Waals surface area contributed by atoms with Crippen molar-refractivity contribution in [1.82, 2.24) is 14.8 Å². The van der Waals surface area contributed by atoms with Gasteiger partial charge in [-0.1, -0.05) is 12.1 Å². The summed E-state index contributed by atoms with van der Waals surface area (Å²) in [5.41, 5.74) is -1.62. The lowest BCUT2D eigenvalue weighted by molar-refractivity contribution is -0.143. The predicted molar refractivity (Wildman–Crippen MR) is 140 cm³/mol. The molecule has 0 saturated carbocycles. The molecule has 0 aliphatic carbocycles. The zero-order chi connectivity index (χ0) is 29.4. The molecule has 1 N–H and O–H groups in total. The fraction of sp³-hybridized carbons (Fsp3) is 0.407. The third-order valence-electron chi connectivity index (χ3n) is 6.72. The molecule has 1 atom stereocenters. The zero-order valence-electron chi connectivity index (χ0n) is 22.0. The minimum absolute atomic E-state index is 0.0110. The van der Waals surface area contributed by atoms with E-state index in [1.54, 1.807) is 25.1 Å². The van der Waals surface area contributed by atoms with Gasteiger partial charge in [-0.15, -0.1) is 11.3 Å². The molecular weight excluding hydrogens is 558 g/mol. The van der Waals surface area contributed by atoms with Crippen molar-refractivity contribution >= 4 is 22.4 Å². The van der Waals surface area contributed by atoms with Crippen LogP contribution in [0, 0.1) is 6.92 Å². The quantitative estimate of drug-likeness (QED) is 0.369. The molecular formula is C27H28F6N4O2S. The number of halogens is 6. The van der Waals surface area contributed by atoms with Crippen LogP contribution in [0.15, 0.2) is 41.8 Å². The first-order chi connectivity index (χ1) is 18.6. The van der Waals surface area contributed by atoms with Gasteiger partial charge < -0.3 is 14.9 Å². The summed E-state index contributed by atoms with van der Waals surface area (Å²) in [5.74, 6) is -0.865. The molecule has 1 saturated heterocycles. The van der Waals surface area contributed by atoms with Gasteiger partial charge in [0.1, 0.15) is 5.75 Å². The molecule has 1 aliphatic heterocycles.